The second kappa shape index (κ2) is 11.6. The number of anilines is 1. The minimum absolute atomic E-state index is 0.0824. The molecule has 2 fully saturated rings. The van der Waals surface area contributed by atoms with Crippen LogP contribution in [0.3, 0.4) is 0 Å². The summed E-state index contributed by atoms with van der Waals surface area (Å²) in [4.78, 5) is 27.1. The maximum absolute atomic E-state index is 13.7. The molecule has 1 aliphatic heterocycles. The lowest BCUT2D eigenvalue weighted by molar-refractivity contribution is -0.122. The molecule has 40 heavy (non-hydrogen) atoms. The van der Waals surface area contributed by atoms with Crippen molar-refractivity contribution in [2.45, 2.75) is 63.1 Å². The molecule has 1 amide bonds. The summed E-state index contributed by atoms with van der Waals surface area (Å²) in [5.74, 6) is -1.52. The summed E-state index contributed by atoms with van der Waals surface area (Å²) in [6.07, 6.45) is 7.10. The molecule has 2 N–H and O–H groups in total. The number of ether oxygens (including phenoxy) is 1. The number of carbonyl (C=O) groups excluding carboxylic acids is 2. The van der Waals surface area contributed by atoms with Gasteiger partial charge in [-0.3, -0.25) is 14.3 Å². The lowest BCUT2D eigenvalue weighted by Crippen LogP contribution is -2.36. The Morgan fingerprint density at radius 1 is 1.02 bits per heavy atom. The molecule has 12 heteroatoms. The fourth-order valence-electron chi connectivity index (χ4n) is 5.80. The van der Waals surface area contributed by atoms with Crippen molar-refractivity contribution in [2.24, 2.45) is 18.9 Å². The van der Waals surface area contributed by atoms with Gasteiger partial charge in [0.1, 0.15) is 0 Å². The molecule has 11 nitrogen and oxygen atoms in total. The molecular formula is C28H36N6O5S. The second-order valence-electron chi connectivity index (χ2n) is 10.6. The number of benzene rings is 1. The molecule has 1 unspecified atom stereocenters. The Morgan fingerprint density at radius 2 is 1.73 bits per heavy atom. The zero-order chi connectivity index (χ0) is 28.4. The molecule has 3 heterocycles. The zero-order valence-corrected chi connectivity index (χ0v) is 23.9. The normalized spacial score (nSPS) is 21.7. The summed E-state index contributed by atoms with van der Waals surface area (Å²) >= 11 is 0. The van der Waals surface area contributed by atoms with Gasteiger partial charge in [-0.1, -0.05) is 37.1 Å². The Labute approximate surface area is 234 Å². The Morgan fingerprint density at radius 3 is 2.40 bits per heavy atom. The number of nitrogens with zero attached hydrogens (tertiary/aromatic N) is 4. The van der Waals surface area contributed by atoms with E-state index in [9.17, 15) is 18.0 Å². The van der Waals surface area contributed by atoms with Gasteiger partial charge in [0.05, 0.1) is 23.3 Å². The number of ketones is 1. The molecule has 3 atom stereocenters. The maximum atomic E-state index is 13.7. The number of hydrogen-bond acceptors (Lipinski definition) is 7. The molecular weight excluding hydrogens is 532 g/mol. The molecule has 1 saturated heterocycles. The average Bonchev–Trinajstić information content (AvgIpc) is 3.55. The third-order valence-corrected chi connectivity index (χ3v) is 9.39. The number of carbonyl (C=O) groups is 2. The van der Waals surface area contributed by atoms with Gasteiger partial charge >= 0.3 is 0 Å². The first-order valence-corrected chi connectivity index (χ1v) is 15.3. The van der Waals surface area contributed by atoms with E-state index in [1.165, 1.54) is 25.0 Å². The molecule has 3 aromatic rings. The molecule has 1 aliphatic carbocycles. The topological polar surface area (TPSA) is 137 Å². The molecule has 1 saturated carbocycles. The van der Waals surface area contributed by atoms with Gasteiger partial charge in [-0.15, -0.1) is 0 Å². The van der Waals surface area contributed by atoms with Crippen LogP contribution in [0.4, 0.5) is 5.69 Å². The third-order valence-electron chi connectivity index (χ3n) is 7.86. The smallest absolute Gasteiger partial charge is 0.259 e. The Bertz CT molecular complexity index is 1490. The number of hydrogen-bond donors (Lipinski definition) is 2. The largest absolute Gasteiger partial charge is 0.356 e. The first kappa shape index (κ1) is 28.2. The Hall–Kier alpha value is -3.35. The molecule has 0 bridgehead atoms. The number of aromatic nitrogens is 4. The highest BCUT2D eigenvalue weighted by Crippen LogP contribution is 2.35. The number of amides is 1. The summed E-state index contributed by atoms with van der Waals surface area (Å²) in [6, 6.07) is 9.50. The van der Waals surface area contributed by atoms with Gasteiger partial charge in [0, 0.05) is 31.1 Å². The number of nitrogens with one attached hydrogen (secondary N) is 2. The maximum Gasteiger partial charge on any atom is 0.259 e. The van der Waals surface area contributed by atoms with E-state index >= 15 is 0 Å². The highest BCUT2D eigenvalue weighted by molar-refractivity contribution is 7.89. The number of rotatable bonds is 8. The quantitative estimate of drug-likeness (QED) is 0.394. The van der Waals surface area contributed by atoms with E-state index in [0.29, 0.717) is 18.4 Å². The zero-order valence-electron chi connectivity index (χ0n) is 23.1. The van der Waals surface area contributed by atoms with E-state index < -0.39 is 21.9 Å². The summed E-state index contributed by atoms with van der Waals surface area (Å²) in [6.45, 7) is 2.68. The van der Waals surface area contributed by atoms with Crippen LogP contribution in [0, 0.1) is 18.8 Å². The first-order chi connectivity index (χ1) is 19.2. The van der Waals surface area contributed by atoms with Gasteiger partial charge in [0.2, 0.25) is 5.91 Å². The van der Waals surface area contributed by atoms with Crippen LogP contribution < -0.4 is 10.0 Å². The van der Waals surface area contributed by atoms with Gasteiger partial charge in [0.15, 0.2) is 17.0 Å². The second-order valence-corrected chi connectivity index (χ2v) is 12.4. The van der Waals surface area contributed by atoms with Crippen LogP contribution >= 0.6 is 0 Å². The third kappa shape index (κ3) is 5.61. The van der Waals surface area contributed by atoms with Crippen LogP contribution in [-0.2, 0) is 26.6 Å². The molecule has 0 spiro atoms. The predicted molar refractivity (Wildman–Crippen MR) is 149 cm³/mol. The van der Waals surface area contributed by atoms with Crippen molar-refractivity contribution in [3.63, 3.8) is 0 Å². The lowest BCUT2D eigenvalue weighted by Gasteiger charge is -2.29. The standard InChI is InChI=1S/C28H36N6O5S/c1-18-16-24(34(32-18)25-10-6-7-15-39-25)19-11-13-20(14-12-19)26(35)21-8-4-5-9-22(21)27(36)31-23-17-30-33(3)28(23)40(37,38)29-2/h11-14,16-17,21-22,25,29H,4-10,15H2,1-3H3,(H,31,36)/t21-,22-,25?/m1/s1. The van der Waals surface area contributed by atoms with Crippen molar-refractivity contribution in [3.8, 4) is 11.3 Å². The molecule has 214 valence electrons. The van der Waals surface area contributed by atoms with Crippen molar-refractivity contribution >= 4 is 27.4 Å². The lowest BCUT2D eigenvalue weighted by atomic mass is 9.75. The van der Waals surface area contributed by atoms with Gasteiger partial charge in [0.25, 0.3) is 10.0 Å². The van der Waals surface area contributed by atoms with Crippen LogP contribution in [0.2, 0.25) is 0 Å². The van der Waals surface area contributed by atoms with Crippen LogP contribution in [0.5, 0.6) is 0 Å². The summed E-state index contributed by atoms with van der Waals surface area (Å²) < 4.78 is 36.3. The van der Waals surface area contributed by atoms with Gasteiger partial charge in [-0.05, 0) is 57.7 Å². The molecule has 2 aromatic heterocycles. The van der Waals surface area contributed by atoms with Gasteiger partial charge < -0.3 is 10.1 Å². The van der Waals surface area contributed by atoms with E-state index in [1.54, 1.807) is 0 Å². The van der Waals surface area contributed by atoms with Crippen molar-refractivity contribution in [1.82, 2.24) is 24.3 Å². The van der Waals surface area contributed by atoms with Crippen molar-refractivity contribution in [1.29, 1.82) is 0 Å². The molecule has 1 aromatic carbocycles. The van der Waals surface area contributed by atoms with Gasteiger partial charge in [-0.2, -0.15) is 10.2 Å². The van der Waals surface area contributed by atoms with Crippen LogP contribution in [0.15, 0.2) is 41.6 Å². The molecule has 0 radical (unpaired) electrons. The summed E-state index contributed by atoms with van der Waals surface area (Å²) in [5.41, 5.74) is 3.43. The minimum Gasteiger partial charge on any atom is -0.356 e. The van der Waals surface area contributed by atoms with E-state index in [4.69, 9.17) is 4.74 Å². The fraction of sp³-hybridized carbons (Fsp3) is 0.500. The average molecular weight is 569 g/mol. The first-order valence-electron chi connectivity index (χ1n) is 13.8. The van der Waals surface area contributed by atoms with Crippen LogP contribution in [-0.4, -0.2) is 53.3 Å². The van der Waals surface area contributed by atoms with E-state index in [0.717, 1.165) is 55.7 Å². The SMILES string of the molecule is CNS(=O)(=O)c1c(NC(=O)[C@@H]2CCCC[C@H]2C(=O)c2ccc(-c3cc(C)nn3C3CCCCO3)cc2)cnn1C. The van der Waals surface area contributed by atoms with Crippen molar-refractivity contribution in [3.05, 3.63) is 47.8 Å². The predicted octanol–water partition coefficient (Wildman–Crippen LogP) is 3.83. The van der Waals surface area contributed by atoms with Gasteiger partial charge in [-0.25, -0.2) is 17.8 Å². The molecule has 5 rings (SSSR count). The van der Waals surface area contributed by atoms with Crippen LogP contribution in [0.25, 0.3) is 11.3 Å². The summed E-state index contributed by atoms with van der Waals surface area (Å²) in [5, 5.41) is 11.3. The van der Waals surface area contributed by atoms with Crippen molar-refractivity contribution < 1.29 is 22.7 Å². The van der Waals surface area contributed by atoms with E-state index in [2.05, 4.69) is 20.2 Å². The Balaban J connectivity index is 1.34. The number of aryl methyl sites for hydroxylation is 2. The molecule has 2 aliphatic rings. The van der Waals surface area contributed by atoms with Crippen LogP contribution in [0.1, 0.15) is 67.2 Å². The highest BCUT2D eigenvalue weighted by atomic mass is 32.2. The summed E-state index contributed by atoms with van der Waals surface area (Å²) in [7, 11) is -1.05. The minimum atomic E-state index is -3.85. The number of sulfonamides is 1. The highest BCUT2D eigenvalue weighted by Gasteiger charge is 2.37. The van der Waals surface area contributed by atoms with Crippen molar-refractivity contribution in [2.75, 3.05) is 19.0 Å². The van der Waals surface area contributed by atoms with E-state index in [-0.39, 0.29) is 28.6 Å². The monoisotopic (exact) mass is 568 g/mol. The number of Topliss-reactive ketones (excluding diaryl/α,β-unsaturated/α-hetero) is 1. The fourth-order valence-corrected chi connectivity index (χ4v) is 6.78. The van der Waals surface area contributed by atoms with E-state index in [1.807, 2.05) is 41.9 Å². The Kier molecular flexibility index (Phi) is 8.20.